The van der Waals surface area contributed by atoms with E-state index >= 15 is 0 Å². The van der Waals surface area contributed by atoms with E-state index in [1.807, 2.05) is 0 Å². The Labute approximate surface area is 236 Å². The summed E-state index contributed by atoms with van der Waals surface area (Å²) >= 11 is 0. The number of carboxylic acids is 1. The number of aliphatic hydroxyl groups excluding tert-OH is 3. The number of nitrogens with one attached hydrogen (secondary N) is 4. The fourth-order valence-electron chi connectivity index (χ4n) is 3.41. The summed E-state index contributed by atoms with van der Waals surface area (Å²) in [5, 5.41) is 47.4. The average molecular weight is 592 g/mol. The third-order valence-corrected chi connectivity index (χ3v) is 5.81. The monoisotopic (exact) mass is 591 g/mol. The molecule has 0 radical (unpaired) electrons. The van der Waals surface area contributed by atoms with Crippen molar-refractivity contribution in [1.82, 2.24) is 21.3 Å². The van der Waals surface area contributed by atoms with Gasteiger partial charge in [0.1, 0.15) is 36.4 Å². The fourth-order valence-corrected chi connectivity index (χ4v) is 3.41. The van der Waals surface area contributed by atoms with Crippen LogP contribution >= 0.6 is 0 Å². The molecule has 0 aliphatic rings. The molecule has 0 saturated carbocycles. The van der Waals surface area contributed by atoms with E-state index in [4.69, 9.17) is 15.6 Å². The molecule has 0 aromatic carbocycles. The highest BCUT2D eigenvalue weighted by atomic mass is 16.6. The molecule has 0 aromatic heterocycles. The molecule has 10 N–H and O–H groups in total. The molecule has 17 nitrogen and oxygen atoms in total. The molecule has 0 bridgehead atoms. The number of carbonyl (C=O) groups is 7. The molecule has 0 aliphatic carbocycles. The minimum atomic E-state index is -2.02. The van der Waals surface area contributed by atoms with E-state index in [0.717, 1.165) is 6.92 Å². The Kier molecular flexibility index (Phi) is 16.8. The van der Waals surface area contributed by atoms with Crippen molar-refractivity contribution in [3.8, 4) is 0 Å². The Bertz CT molecular complexity index is 946. The second-order valence-electron chi connectivity index (χ2n) is 9.25. The van der Waals surface area contributed by atoms with E-state index in [1.54, 1.807) is 13.8 Å². The molecule has 0 heterocycles. The minimum Gasteiger partial charge on any atom is -0.480 e. The number of carbonyl (C=O) groups excluding carboxylic acids is 6. The Morgan fingerprint density at radius 1 is 0.878 bits per heavy atom. The zero-order valence-corrected chi connectivity index (χ0v) is 23.4. The first-order chi connectivity index (χ1) is 19.1. The van der Waals surface area contributed by atoms with Gasteiger partial charge >= 0.3 is 12.1 Å². The molecule has 0 aromatic rings. The van der Waals surface area contributed by atoms with Crippen LogP contribution in [-0.4, -0.2) is 111 Å². The molecular weight excluding hydrogens is 550 g/mol. The highest BCUT2D eigenvalue weighted by molar-refractivity contribution is 5.91. The Morgan fingerprint density at radius 2 is 1.46 bits per heavy atom. The highest BCUT2D eigenvalue weighted by Crippen LogP contribution is 2.12. The number of hydrogen-bond acceptors (Lipinski definition) is 11. The van der Waals surface area contributed by atoms with E-state index in [2.05, 4.69) is 21.3 Å². The maximum Gasteiger partial charge on any atom is 0.408 e. The lowest BCUT2D eigenvalue weighted by molar-refractivity contribution is -0.142. The molecule has 234 valence electrons. The van der Waals surface area contributed by atoms with E-state index in [9.17, 15) is 48.9 Å². The minimum absolute atomic E-state index is 0.0000158. The Morgan fingerprint density at radius 3 is 1.93 bits per heavy atom. The van der Waals surface area contributed by atoms with E-state index < -0.39 is 90.6 Å². The number of amides is 5. The van der Waals surface area contributed by atoms with Crippen LogP contribution in [0.3, 0.4) is 0 Å². The lowest BCUT2D eigenvalue weighted by Crippen LogP contribution is -2.59. The van der Waals surface area contributed by atoms with Gasteiger partial charge in [0.2, 0.25) is 23.6 Å². The summed E-state index contributed by atoms with van der Waals surface area (Å²) in [6.45, 7) is 4.48. The average Bonchev–Trinajstić information content (AvgIpc) is 2.89. The van der Waals surface area contributed by atoms with E-state index in [1.165, 1.54) is 6.92 Å². The molecule has 3 unspecified atom stereocenters. The smallest absolute Gasteiger partial charge is 0.408 e. The van der Waals surface area contributed by atoms with Gasteiger partial charge in [0, 0.05) is 12.8 Å². The second-order valence-corrected chi connectivity index (χ2v) is 9.25. The number of aliphatic carboxylic acids is 1. The molecule has 7 atom stereocenters. The first kappa shape index (κ1) is 37.2. The van der Waals surface area contributed by atoms with Crippen molar-refractivity contribution in [1.29, 1.82) is 0 Å². The van der Waals surface area contributed by atoms with Crippen molar-refractivity contribution in [3.63, 3.8) is 0 Å². The van der Waals surface area contributed by atoms with Crippen LogP contribution in [0.4, 0.5) is 4.79 Å². The normalized spacial score (nSPS) is 16.0. The van der Waals surface area contributed by atoms with Crippen molar-refractivity contribution < 1.29 is 58.7 Å². The molecule has 0 aliphatic heterocycles. The van der Waals surface area contributed by atoms with Crippen LogP contribution in [-0.2, 0) is 33.5 Å². The zero-order valence-electron chi connectivity index (χ0n) is 23.4. The summed E-state index contributed by atoms with van der Waals surface area (Å²) in [6.07, 6.45) is -7.25. The first-order valence-corrected chi connectivity index (χ1v) is 12.9. The molecule has 0 fully saturated rings. The van der Waals surface area contributed by atoms with Crippen molar-refractivity contribution in [2.24, 2.45) is 5.73 Å². The Hall–Kier alpha value is -3.83. The molecule has 5 amide bonds. The number of ether oxygens (including phenoxy) is 1. The number of rotatable bonds is 19. The van der Waals surface area contributed by atoms with Crippen molar-refractivity contribution in [2.45, 2.75) is 102 Å². The van der Waals surface area contributed by atoms with Gasteiger partial charge in [-0.05, 0) is 33.1 Å². The molecule has 0 rings (SSSR count). The summed E-state index contributed by atoms with van der Waals surface area (Å²) in [5.74, 6) is -5.26. The van der Waals surface area contributed by atoms with Gasteiger partial charge < -0.3 is 52.2 Å². The molecule has 17 heteroatoms. The van der Waals surface area contributed by atoms with Gasteiger partial charge in [-0.25, -0.2) is 9.59 Å². The highest BCUT2D eigenvalue weighted by Gasteiger charge is 2.39. The topological polar surface area (TPSA) is 284 Å². The number of carboxylic acid groups (broad SMARTS) is 1. The van der Waals surface area contributed by atoms with Crippen LogP contribution in [0, 0.1) is 0 Å². The standard InChI is InChI=1S/C24H41N5O12/c1-5-7-16(33)29-18(12(4)31)20(19(35)15(32)10-30)41-24(40)26-11(3)22(37)28-14(21(25)36)8-9-17(34)27-13(6-2)23(38)39/h11,13-15,18-20,30,32,35H,5-10H2,1-4H3,(H2,25,36)(H,26,40)(H,27,34)(H,28,37)(H,29,33)(H,38,39)/t11?,13?,14?,15-,18+,19-,20-/m1/s1. The van der Waals surface area contributed by atoms with Gasteiger partial charge in [-0.3, -0.25) is 24.0 Å². The first-order valence-electron chi connectivity index (χ1n) is 12.9. The van der Waals surface area contributed by atoms with Gasteiger partial charge in [-0.1, -0.05) is 13.8 Å². The van der Waals surface area contributed by atoms with Crippen molar-refractivity contribution in [3.05, 3.63) is 0 Å². The largest absolute Gasteiger partial charge is 0.480 e. The van der Waals surface area contributed by atoms with E-state index in [-0.39, 0.29) is 25.7 Å². The van der Waals surface area contributed by atoms with Gasteiger partial charge in [0.25, 0.3) is 0 Å². The molecular formula is C24H41N5O12. The number of hydrogen-bond donors (Lipinski definition) is 9. The third-order valence-electron chi connectivity index (χ3n) is 5.81. The molecule has 0 saturated heterocycles. The SMILES string of the molecule is CCCC(=O)N[C@@H](C(C)=O)[C@@H](OC(=O)NC(C)C(=O)NC(CCC(=O)NC(CC)C(=O)O)C(N)=O)[C@H](O)[C@H](O)CO. The van der Waals surface area contributed by atoms with E-state index in [0.29, 0.717) is 6.42 Å². The maximum atomic E-state index is 12.6. The lowest BCUT2D eigenvalue weighted by Gasteiger charge is -2.32. The number of primary amides is 1. The summed E-state index contributed by atoms with van der Waals surface area (Å²) in [5.41, 5.74) is 5.28. The van der Waals surface area contributed by atoms with Gasteiger partial charge in [-0.2, -0.15) is 0 Å². The Balaban J connectivity index is 5.43. The number of ketones is 1. The van der Waals surface area contributed by atoms with Gasteiger partial charge in [0.15, 0.2) is 11.9 Å². The summed E-state index contributed by atoms with van der Waals surface area (Å²) in [7, 11) is 0. The van der Waals surface area contributed by atoms with Crippen LogP contribution in [0.5, 0.6) is 0 Å². The number of aliphatic hydroxyl groups is 3. The van der Waals surface area contributed by atoms with Gasteiger partial charge in [-0.15, -0.1) is 0 Å². The van der Waals surface area contributed by atoms with Crippen LogP contribution in [0.2, 0.25) is 0 Å². The summed E-state index contributed by atoms with van der Waals surface area (Å²) < 4.78 is 5.08. The lowest BCUT2D eigenvalue weighted by atomic mass is 9.98. The van der Waals surface area contributed by atoms with Crippen molar-refractivity contribution in [2.75, 3.05) is 6.61 Å². The maximum absolute atomic E-state index is 12.6. The zero-order chi connectivity index (χ0) is 31.9. The third kappa shape index (κ3) is 13.4. The number of Topliss-reactive ketones (excluding diaryl/α,β-unsaturated/α-hetero) is 1. The summed E-state index contributed by atoms with van der Waals surface area (Å²) in [4.78, 5) is 84.3. The van der Waals surface area contributed by atoms with Crippen LogP contribution in [0.1, 0.15) is 59.8 Å². The fraction of sp³-hybridized carbons (Fsp3) is 0.708. The molecule has 41 heavy (non-hydrogen) atoms. The van der Waals surface area contributed by atoms with Gasteiger partial charge in [0.05, 0.1) is 6.61 Å². The predicted molar refractivity (Wildman–Crippen MR) is 140 cm³/mol. The van der Waals surface area contributed by atoms with Crippen LogP contribution < -0.4 is 27.0 Å². The quantitative estimate of drug-likeness (QED) is 0.0717. The second kappa shape index (κ2) is 18.5. The predicted octanol–water partition coefficient (Wildman–Crippen LogP) is -3.21. The number of nitrogens with two attached hydrogens (primary N) is 1. The van der Waals surface area contributed by atoms with Crippen molar-refractivity contribution >= 4 is 41.5 Å². The van der Waals surface area contributed by atoms with Crippen LogP contribution in [0.25, 0.3) is 0 Å². The van der Waals surface area contributed by atoms with Crippen LogP contribution in [0.15, 0.2) is 0 Å². The molecule has 0 spiro atoms. The summed E-state index contributed by atoms with van der Waals surface area (Å²) in [6, 6.07) is -5.52. The number of alkyl carbamates (subject to hydrolysis) is 1.